The maximum Gasteiger partial charge on any atom is 0.270 e. The SMILES string of the molecule is CCn1cc(N)cc1C(=O)N1CCNC(=O)CC1. The molecule has 98 valence electrons. The molecule has 1 aliphatic rings. The highest BCUT2D eigenvalue weighted by molar-refractivity contribution is 5.94. The molecule has 0 saturated carbocycles. The van der Waals surface area contributed by atoms with Crippen molar-refractivity contribution in [3.05, 3.63) is 18.0 Å². The van der Waals surface area contributed by atoms with E-state index >= 15 is 0 Å². The fourth-order valence-electron chi connectivity index (χ4n) is 2.11. The molecular formula is C12H18N4O2. The van der Waals surface area contributed by atoms with Gasteiger partial charge in [-0.25, -0.2) is 0 Å². The van der Waals surface area contributed by atoms with Gasteiger partial charge in [0.2, 0.25) is 5.91 Å². The quantitative estimate of drug-likeness (QED) is 0.778. The molecule has 1 fully saturated rings. The minimum absolute atomic E-state index is 0.00399. The molecule has 1 aromatic rings. The van der Waals surface area contributed by atoms with Crippen LogP contribution >= 0.6 is 0 Å². The summed E-state index contributed by atoms with van der Waals surface area (Å²) in [6.45, 7) is 4.17. The number of aromatic nitrogens is 1. The average Bonchev–Trinajstić information content (AvgIpc) is 2.59. The van der Waals surface area contributed by atoms with Crippen molar-refractivity contribution >= 4 is 17.5 Å². The molecule has 0 aromatic carbocycles. The molecule has 1 saturated heterocycles. The first-order valence-corrected chi connectivity index (χ1v) is 6.13. The average molecular weight is 250 g/mol. The normalized spacial score (nSPS) is 16.3. The van der Waals surface area contributed by atoms with E-state index in [0.717, 1.165) is 0 Å². The number of nitrogens with two attached hydrogens (primary N) is 1. The third-order valence-electron chi connectivity index (χ3n) is 3.08. The van der Waals surface area contributed by atoms with E-state index in [1.807, 2.05) is 11.5 Å². The van der Waals surface area contributed by atoms with E-state index in [4.69, 9.17) is 5.73 Å². The Morgan fingerprint density at radius 2 is 2.28 bits per heavy atom. The summed E-state index contributed by atoms with van der Waals surface area (Å²) in [5.74, 6) is -0.0688. The Bertz CT molecular complexity index is 467. The van der Waals surface area contributed by atoms with Gasteiger partial charge in [-0.1, -0.05) is 0 Å². The van der Waals surface area contributed by atoms with Gasteiger partial charge >= 0.3 is 0 Å². The lowest BCUT2D eigenvalue weighted by Crippen LogP contribution is -2.35. The van der Waals surface area contributed by atoms with Crippen LogP contribution in [0.25, 0.3) is 0 Å². The van der Waals surface area contributed by atoms with E-state index in [2.05, 4.69) is 5.32 Å². The number of aryl methyl sites for hydroxylation is 1. The number of carbonyl (C=O) groups is 2. The number of carbonyl (C=O) groups excluding carboxylic acids is 2. The van der Waals surface area contributed by atoms with E-state index in [1.165, 1.54) is 0 Å². The Balaban J connectivity index is 2.17. The third-order valence-corrected chi connectivity index (χ3v) is 3.08. The monoisotopic (exact) mass is 250 g/mol. The maximum absolute atomic E-state index is 12.4. The first kappa shape index (κ1) is 12.5. The molecule has 0 radical (unpaired) electrons. The van der Waals surface area contributed by atoms with Gasteiger partial charge in [0, 0.05) is 38.8 Å². The molecule has 2 rings (SSSR count). The number of nitrogen functional groups attached to an aromatic ring is 1. The Labute approximate surface area is 106 Å². The summed E-state index contributed by atoms with van der Waals surface area (Å²) < 4.78 is 1.83. The van der Waals surface area contributed by atoms with Crippen LogP contribution in [0, 0.1) is 0 Å². The zero-order valence-corrected chi connectivity index (χ0v) is 10.5. The molecule has 0 bridgehead atoms. The second kappa shape index (κ2) is 5.12. The summed E-state index contributed by atoms with van der Waals surface area (Å²) >= 11 is 0. The first-order valence-electron chi connectivity index (χ1n) is 6.13. The topological polar surface area (TPSA) is 80.4 Å². The van der Waals surface area contributed by atoms with Gasteiger partial charge in [0.05, 0.1) is 5.69 Å². The molecule has 1 aromatic heterocycles. The van der Waals surface area contributed by atoms with Gasteiger partial charge < -0.3 is 20.5 Å². The molecule has 0 spiro atoms. The van der Waals surface area contributed by atoms with Gasteiger partial charge in [0.15, 0.2) is 0 Å². The van der Waals surface area contributed by atoms with E-state index in [1.54, 1.807) is 17.2 Å². The zero-order valence-electron chi connectivity index (χ0n) is 10.5. The van der Waals surface area contributed by atoms with Crippen molar-refractivity contribution in [2.45, 2.75) is 19.9 Å². The number of hydrogen-bond donors (Lipinski definition) is 2. The van der Waals surface area contributed by atoms with Crippen molar-refractivity contribution in [1.29, 1.82) is 0 Å². The summed E-state index contributed by atoms with van der Waals surface area (Å²) in [4.78, 5) is 25.3. The van der Waals surface area contributed by atoms with Crippen molar-refractivity contribution in [2.75, 3.05) is 25.4 Å². The van der Waals surface area contributed by atoms with Gasteiger partial charge in [0.25, 0.3) is 5.91 Å². The predicted octanol–water partition coefficient (Wildman–Crippen LogP) is 0.0523. The van der Waals surface area contributed by atoms with Crippen molar-refractivity contribution in [3.63, 3.8) is 0 Å². The molecule has 2 amide bonds. The Kier molecular flexibility index (Phi) is 3.55. The van der Waals surface area contributed by atoms with Gasteiger partial charge in [0.1, 0.15) is 5.69 Å². The van der Waals surface area contributed by atoms with E-state index in [9.17, 15) is 9.59 Å². The first-order chi connectivity index (χ1) is 8.61. The number of amides is 2. The second-order valence-corrected chi connectivity index (χ2v) is 4.34. The number of nitrogens with zero attached hydrogens (tertiary/aromatic N) is 2. The lowest BCUT2D eigenvalue weighted by atomic mass is 10.3. The van der Waals surface area contributed by atoms with Crippen LogP contribution in [-0.4, -0.2) is 40.9 Å². The van der Waals surface area contributed by atoms with Crippen LogP contribution in [0.2, 0.25) is 0 Å². The Morgan fingerprint density at radius 3 is 3.00 bits per heavy atom. The highest BCUT2D eigenvalue weighted by Crippen LogP contribution is 2.14. The Morgan fingerprint density at radius 1 is 1.50 bits per heavy atom. The van der Waals surface area contributed by atoms with Crippen LogP contribution in [0.15, 0.2) is 12.3 Å². The third kappa shape index (κ3) is 2.47. The summed E-state index contributed by atoms with van der Waals surface area (Å²) in [6, 6.07) is 1.69. The molecule has 0 unspecified atom stereocenters. The highest BCUT2D eigenvalue weighted by Gasteiger charge is 2.22. The summed E-state index contributed by atoms with van der Waals surface area (Å²) in [7, 11) is 0. The van der Waals surface area contributed by atoms with Crippen molar-refractivity contribution in [2.24, 2.45) is 0 Å². The summed E-state index contributed by atoms with van der Waals surface area (Å²) in [5, 5.41) is 2.75. The molecule has 1 aliphatic heterocycles. The molecule has 0 atom stereocenters. The van der Waals surface area contributed by atoms with Gasteiger partial charge in [-0.15, -0.1) is 0 Å². The molecule has 6 heteroatoms. The van der Waals surface area contributed by atoms with Crippen molar-refractivity contribution in [3.8, 4) is 0 Å². The number of anilines is 1. The number of nitrogens with one attached hydrogen (secondary N) is 1. The van der Waals surface area contributed by atoms with E-state index in [0.29, 0.717) is 44.0 Å². The second-order valence-electron chi connectivity index (χ2n) is 4.34. The minimum Gasteiger partial charge on any atom is -0.397 e. The van der Waals surface area contributed by atoms with Crippen molar-refractivity contribution in [1.82, 2.24) is 14.8 Å². The molecule has 18 heavy (non-hydrogen) atoms. The predicted molar refractivity (Wildman–Crippen MR) is 68.0 cm³/mol. The summed E-state index contributed by atoms with van der Waals surface area (Å²) in [5.41, 5.74) is 6.89. The van der Waals surface area contributed by atoms with Crippen LogP contribution in [-0.2, 0) is 11.3 Å². The number of hydrogen-bond acceptors (Lipinski definition) is 3. The molecule has 6 nitrogen and oxygen atoms in total. The molecular weight excluding hydrogens is 232 g/mol. The van der Waals surface area contributed by atoms with Crippen LogP contribution < -0.4 is 11.1 Å². The standard InChI is InChI=1S/C12H18N4O2/c1-2-15-8-9(13)7-10(15)12(18)16-5-3-11(17)14-4-6-16/h7-8H,2-6,13H2,1H3,(H,14,17). The molecule has 0 aliphatic carbocycles. The summed E-state index contributed by atoms with van der Waals surface area (Å²) in [6.07, 6.45) is 2.11. The largest absolute Gasteiger partial charge is 0.397 e. The van der Waals surface area contributed by atoms with Crippen molar-refractivity contribution < 1.29 is 9.59 Å². The molecule has 2 heterocycles. The van der Waals surface area contributed by atoms with Crippen LogP contribution in [0.3, 0.4) is 0 Å². The van der Waals surface area contributed by atoms with Gasteiger partial charge in [-0.05, 0) is 13.0 Å². The smallest absolute Gasteiger partial charge is 0.270 e. The highest BCUT2D eigenvalue weighted by atomic mass is 16.2. The Hall–Kier alpha value is -1.98. The van der Waals surface area contributed by atoms with Gasteiger partial charge in [-0.2, -0.15) is 0 Å². The fourth-order valence-corrected chi connectivity index (χ4v) is 2.11. The van der Waals surface area contributed by atoms with E-state index < -0.39 is 0 Å². The number of rotatable bonds is 2. The zero-order chi connectivity index (χ0) is 13.1. The van der Waals surface area contributed by atoms with Gasteiger partial charge in [-0.3, -0.25) is 9.59 Å². The van der Waals surface area contributed by atoms with Crippen LogP contribution in [0.1, 0.15) is 23.8 Å². The fraction of sp³-hybridized carbons (Fsp3) is 0.500. The lowest BCUT2D eigenvalue weighted by molar-refractivity contribution is -0.120. The van der Waals surface area contributed by atoms with Crippen LogP contribution in [0.5, 0.6) is 0 Å². The molecule has 3 N–H and O–H groups in total. The van der Waals surface area contributed by atoms with E-state index in [-0.39, 0.29) is 11.8 Å². The van der Waals surface area contributed by atoms with Crippen LogP contribution in [0.4, 0.5) is 5.69 Å². The minimum atomic E-state index is -0.0648. The maximum atomic E-state index is 12.4. The lowest BCUT2D eigenvalue weighted by Gasteiger charge is -2.20.